The minimum atomic E-state index is -4.00. The summed E-state index contributed by atoms with van der Waals surface area (Å²) in [7, 11) is -7.91. The van der Waals surface area contributed by atoms with E-state index in [4.69, 9.17) is 0 Å². The number of sulfonamides is 2. The van der Waals surface area contributed by atoms with Crippen LogP contribution in [0.2, 0.25) is 0 Å². The maximum Gasteiger partial charge on any atom is 0.261 e. The Bertz CT molecular complexity index is 1430. The zero-order valence-corrected chi connectivity index (χ0v) is 24.0. The van der Waals surface area contributed by atoms with Gasteiger partial charge < -0.3 is 9.80 Å². The molecule has 1 atom stereocenters. The molecule has 0 aliphatic carbocycles. The average molecular weight is 608 g/mol. The van der Waals surface area contributed by atoms with Crippen molar-refractivity contribution in [1.29, 1.82) is 0 Å². The first kappa shape index (κ1) is 27.6. The molecular weight excluding hydrogens is 576 g/mol. The Kier molecular flexibility index (Phi) is 8.59. The Morgan fingerprint density at radius 1 is 0.865 bits per heavy atom. The van der Waals surface area contributed by atoms with Crippen LogP contribution in [0, 0.1) is 0 Å². The number of anilines is 2. The first-order valence-electron chi connectivity index (χ1n) is 12.1. The van der Waals surface area contributed by atoms with Gasteiger partial charge >= 0.3 is 0 Å². The van der Waals surface area contributed by atoms with Crippen LogP contribution in [-0.4, -0.2) is 54.5 Å². The monoisotopic (exact) mass is 606 g/mol. The normalized spacial score (nSPS) is 15.9. The van der Waals surface area contributed by atoms with Crippen LogP contribution in [0.3, 0.4) is 0 Å². The highest BCUT2D eigenvalue weighted by molar-refractivity contribution is 9.10. The van der Waals surface area contributed by atoms with Gasteiger partial charge in [0.2, 0.25) is 10.0 Å². The van der Waals surface area contributed by atoms with Gasteiger partial charge in [0.25, 0.3) is 10.0 Å². The van der Waals surface area contributed by atoms with E-state index in [0.29, 0.717) is 18.8 Å². The van der Waals surface area contributed by atoms with E-state index < -0.39 is 26.1 Å². The molecule has 0 radical (unpaired) electrons. The first-order chi connectivity index (χ1) is 17.6. The second-order valence-corrected chi connectivity index (χ2v) is 13.2. The summed E-state index contributed by atoms with van der Waals surface area (Å²) in [6.45, 7) is 7.82. The molecule has 0 bridgehead atoms. The summed E-state index contributed by atoms with van der Waals surface area (Å²) < 4.78 is 59.4. The van der Waals surface area contributed by atoms with Crippen molar-refractivity contribution in [2.75, 3.05) is 42.3 Å². The molecule has 0 saturated carbocycles. The van der Waals surface area contributed by atoms with Crippen LogP contribution < -0.4 is 14.3 Å². The van der Waals surface area contributed by atoms with E-state index in [1.807, 2.05) is 35.2 Å². The molecule has 198 valence electrons. The van der Waals surface area contributed by atoms with Crippen LogP contribution in [0.4, 0.5) is 11.4 Å². The molecule has 3 aromatic rings. The Morgan fingerprint density at radius 3 is 2.14 bits per heavy atom. The van der Waals surface area contributed by atoms with Crippen molar-refractivity contribution in [2.24, 2.45) is 0 Å². The Morgan fingerprint density at radius 2 is 1.51 bits per heavy atom. The van der Waals surface area contributed by atoms with E-state index in [1.54, 1.807) is 31.2 Å². The molecule has 0 unspecified atom stereocenters. The van der Waals surface area contributed by atoms with Gasteiger partial charge in [0.1, 0.15) is 4.90 Å². The van der Waals surface area contributed by atoms with Crippen LogP contribution in [0.1, 0.15) is 25.5 Å². The van der Waals surface area contributed by atoms with Crippen LogP contribution in [0.5, 0.6) is 0 Å². The maximum atomic E-state index is 13.7. The van der Waals surface area contributed by atoms with E-state index >= 15 is 0 Å². The summed E-state index contributed by atoms with van der Waals surface area (Å²) in [5, 5.41) is 0. The second-order valence-electron chi connectivity index (χ2n) is 8.92. The minimum absolute atomic E-state index is 0.0382. The van der Waals surface area contributed by atoms with E-state index in [1.165, 1.54) is 18.2 Å². The third kappa shape index (κ3) is 6.71. The summed E-state index contributed by atoms with van der Waals surface area (Å²) in [5.74, 6) is 0. The topological polar surface area (TPSA) is 98.8 Å². The summed E-state index contributed by atoms with van der Waals surface area (Å²) in [6.07, 6.45) is 0. The number of hydrogen-bond acceptors (Lipinski definition) is 6. The van der Waals surface area contributed by atoms with E-state index in [-0.39, 0.29) is 15.5 Å². The fourth-order valence-corrected chi connectivity index (χ4v) is 7.09. The summed E-state index contributed by atoms with van der Waals surface area (Å²) in [5.41, 5.74) is 1.55. The Balaban J connectivity index is 1.69. The minimum Gasteiger partial charge on any atom is -0.368 e. The Labute approximate surface area is 227 Å². The van der Waals surface area contributed by atoms with Crippen molar-refractivity contribution in [2.45, 2.75) is 29.7 Å². The molecule has 0 spiro atoms. The molecular formula is C26H31BrN4O4S2. The lowest BCUT2D eigenvalue weighted by Gasteiger charge is -2.36. The molecule has 0 aromatic heterocycles. The molecule has 1 aliphatic rings. The fraction of sp³-hybridized carbons (Fsp3) is 0.308. The van der Waals surface area contributed by atoms with Crippen LogP contribution in [0.15, 0.2) is 87.1 Å². The quantitative estimate of drug-likeness (QED) is 0.374. The molecule has 2 N–H and O–H groups in total. The summed E-state index contributed by atoms with van der Waals surface area (Å²) >= 11 is 3.30. The fourth-order valence-electron chi connectivity index (χ4n) is 4.29. The Hall–Kier alpha value is -2.44. The smallest absolute Gasteiger partial charge is 0.261 e. The van der Waals surface area contributed by atoms with Gasteiger partial charge in [0, 0.05) is 36.7 Å². The lowest BCUT2D eigenvalue weighted by atomic mass is 10.1. The number of nitrogens with one attached hydrogen (secondary N) is 2. The largest absolute Gasteiger partial charge is 0.368 e. The second kappa shape index (κ2) is 11.5. The summed E-state index contributed by atoms with van der Waals surface area (Å²) in [6, 6.07) is 19.8. The van der Waals surface area contributed by atoms with Gasteiger partial charge in [-0.2, -0.15) is 0 Å². The molecule has 37 heavy (non-hydrogen) atoms. The van der Waals surface area contributed by atoms with Crippen LogP contribution in [-0.2, 0) is 20.0 Å². The molecule has 4 rings (SSSR count). The van der Waals surface area contributed by atoms with Crippen molar-refractivity contribution >= 4 is 47.4 Å². The van der Waals surface area contributed by atoms with Crippen molar-refractivity contribution in [3.63, 3.8) is 0 Å². The van der Waals surface area contributed by atoms with Gasteiger partial charge in [-0.1, -0.05) is 53.2 Å². The molecule has 3 aromatic carbocycles. The van der Waals surface area contributed by atoms with Crippen molar-refractivity contribution in [3.8, 4) is 0 Å². The number of rotatable bonds is 9. The summed E-state index contributed by atoms with van der Waals surface area (Å²) in [4.78, 5) is 4.47. The molecule has 1 heterocycles. The average Bonchev–Trinajstić information content (AvgIpc) is 2.89. The highest BCUT2D eigenvalue weighted by Gasteiger charge is 2.27. The number of piperazine rings is 1. The molecule has 8 nitrogen and oxygen atoms in total. The van der Waals surface area contributed by atoms with E-state index in [9.17, 15) is 16.8 Å². The number of nitrogens with zero attached hydrogens (tertiary/aromatic N) is 2. The zero-order valence-electron chi connectivity index (χ0n) is 20.8. The maximum absolute atomic E-state index is 13.7. The van der Waals surface area contributed by atoms with Gasteiger partial charge in [-0.25, -0.2) is 21.6 Å². The predicted octanol–water partition coefficient (Wildman–Crippen LogP) is 4.43. The predicted molar refractivity (Wildman–Crippen MR) is 151 cm³/mol. The standard InChI is InChI=1S/C26H31BrN4O4S2/c1-3-30-15-17-31(18-16-30)25-14-11-23(29-36(32,33)24-12-9-22(27)10-13-24)19-26(25)37(34,35)28-20(2)21-7-5-4-6-8-21/h4-14,19-20,28-29H,3,15-18H2,1-2H3/t20-/m1/s1. The van der Waals surface area contributed by atoms with Gasteiger partial charge in [-0.15, -0.1) is 0 Å². The molecule has 1 saturated heterocycles. The highest BCUT2D eigenvalue weighted by atomic mass is 79.9. The number of halogens is 1. The number of benzene rings is 3. The third-order valence-electron chi connectivity index (χ3n) is 6.42. The van der Waals surface area contributed by atoms with Crippen molar-refractivity contribution in [3.05, 3.63) is 82.8 Å². The number of likely N-dealkylation sites (N-methyl/N-ethyl adjacent to an activating group) is 1. The molecule has 1 fully saturated rings. The van der Waals surface area contributed by atoms with E-state index in [2.05, 4.69) is 37.2 Å². The van der Waals surface area contributed by atoms with Crippen molar-refractivity contribution < 1.29 is 16.8 Å². The molecule has 11 heteroatoms. The zero-order chi connectivity index (χ0) is 26.6. The SMILES string of the molecule is CCN1CCN(c2ccc(NS(=O)(=O)c3ccc(Br)cc3)cc2S(=O)(=O)N[C@H](C)c2ccccc2)CC1. The van der Waals surface area contributed by atoms with Gasteiger partial charge in [-0.05, 0) is 61.5 Å². The van der Waals surface area contributed by atoms with Gasteiger partial charge in [0.05, 0.1) is 16.3 Å². The van der Waals surface area contributed by atoms with Crippen LogP contribution >= 0.6 is 15.9 Å². The first-order valence-corrected chi connectivity index (χ1v) is 15.8. The molecule has 0 amide bonds. The lowest BCUT2D eigenvalue weighted by molar-refractivity contribution is 0.271. The van der Waals surface area contributed by atoms with Gasteiger partial charge in [0.15, 0.2) is 0 Å². The molecule has 1 aliphatic heterocycles. The lowest BCUT2D eigenvalue weighted by Crippen LogP contribution is -2.46. The highest BCUT2D eigenvalue weighted by Crippen LogP contribution is 2.31. The number of hydrogen-bond donors (Lipinski definition) is 2. The van der Waals surface area contributed by atoms with Crippen molar-refractivity contribution in [1.82, 2.24) is 9.62 Å². The van der Waals surface area contributed by atoms with Crippen LogP contribution in [0.25, 0.3) is 0 Å². The third-order valence-corrected chi connectivity index (χ3v) is 9.91. The van der Waals surface area contributed by atoms with E-state index in [0.717, 1.165) is 29.7 Å². The van der Waals surface area contributed by atoms with Gasteiger partial charge in [-0.3, -0.25) is 4.72 Å².